The lowest BCUT2D eigenvalue weighted by Crippen LogP contribution is -2.26. The molecule has 0 aromatic carbocycles. The number of halogens is 1. The number of rotatable bonds is 1. The van der Waals surface area contributed by atoms with Gasteiger partial charge in [-0.05, 0) is 22.9 Å². The van der Waals surface area contributed by atoms with Crippen LogP contribution in [-0.2, 0) is 9.59 Å². The number of carbonyl (C=O) groups is 2. The van der Waals surface area contributed by atoms with Crippen molar-refractivity contribution in [2.24, 2.45) is 0 Å². The molecule has 1 aliphatic rings. The third-order valence-electron chi connectivity index (χ3n) is 2.13. The molecule has 0 unspecified atom stereocenters. The topological polar surface area (TPSA) is 63.2 Å². The van der Waals surface area contributed by atoms with Crippen molar-refractivity contribution >= 4 is 33.6 Å². The van der Waals surface area contributed by atoms with Gasteiger partial charge in [-0.1, -0.05) is 0 Å². The molecule has 1 fully saturated rings. The van der Waals surface area contributed by atoms with Crippen LogP contribution >= 0.6 is 15.9 Å². The van der Waals surface area contributed by atoms with Crippen LogP contribution in [0.1, 0.15) is 12.1 Å². The summed E-state index contributed by atoms with van der Waals surface area (Å²) in [5.41, 5.74) is 0.743. The predicted molar refractivity (Wildman–Crippen MR) is 56.4 cm³/mol. The molecule has 6 heteroatoms. The second kappa shape index (κ2) is 3.69. The van der Waals surface area contributed by atoms with Crippen LogP contribution in [0.4, 0.5) is 5.95 Å². The first-order valence-electron chi connectivity index (χ1n) is 4.39. The van der Waals surface area contributed by atoms with Crippen molar-refractivity contribution in [1.29, 1.82) is 0 Å². The van der Waals surface area contributed by atoms with Crippen LogP contribution in [0.2, 0.25) is 0 Å². The van der Waals surface area contributed by atoms with Gasteiger partial charge in [-0.2, -0.15) is 0 Å². The van der Waals surface area contributed by atoms with Gasteiger partial charge in [-0.3, -0.25) is 14.5 Å². The van der Waals surface area contributed by atoms with E-state index in [1.165, 1.54) is 4.90 Å². The Morgan fingerprint density at radius 3 is 2.73 bits per heavy atom. The van der Waals surface area contributed by atoms with Gasteiger partial charge < -0.3 is 0 Å². The van der Waals surface area contributed by atoms with E-state index in [1.54, 1.807) is 13.1 Å². The number of hydrogen-bond acceptors (Lipinski definition) is 4. The quantitative estimate of drug-likeness (QED) is 0.710. The van der Waals surface area contributed by atoms with Gasteiger partial charge in [0.2, 0.25) is 11.9 Å². The highest BCUT2D eigenvalue weighted by Gasteiger charge is 2.30. The molecule has 1 aromatic rings. The largest absolute Gasteiger partial charge is 0.297 e. The molecule has 2 heterocycles. The lowest BCUT2D eigenvalue weighted by Gasteiger charge is -2.12. The third kappa shape index (κ3) is 1.90. The molecule has 2 rings (SSSR count). The zero-order chi connectivity index (χ0) is 11.0. The Labute approximate surface area is 94.6 Å². The Bertz CT molecular complexity index is 447. The van der Waals surface area contributed by atoms with Crippen LogP contribution in [0.5, 0.6) is 0 Å². The molecule has 78 valence electrons. The number of hydrogen-bond donors (Lipinski definition) is 0. The monoisotopic (exact) mass is 269 g/mol. The number of anilines is 1. The molecule has 1 aliphatic heterocycles. The van der Waals surface area contributed by atoms with E-state index in [0.717, 1.165) is 10.2 Å². The second-order valence-electron chi connectivity index (χ2n) is 3.30. The van der Waals surface area contributed by atoms with Gasteiger partial charge in [0.05, 0.1) is 23.1 Å². The summed E-state index contributed by atoms with van der Waals surface area (Å²) in [6.07, 6.45) is 1.53. The number of carbonyl (C=O) groups excluding carboxylic acids is 2. The molecule has 15 heavy (non-hydrogen) atoms. The van der Waals surface area contributed by atoms with E-state index in [0.29, 0.717) is 5.95 Å². The van der Waals surface area contributed by atoms with Gasteiger partial charge in [0, 0.05) is 6.20 Å². The molecule has 0 spiro atoms. The third-order valence-corrected chi connectivity index (χ3v) is 2.91. The van der Waals surface area contributed by atoms with Gasteiger partial charge in [0.15, 0.2) is 5.78 Å². The van der Waals surface area contributed by atoms with Crippen molar-refractivity contribution < 1.29 is 9.59 Å². The van der Waals surface area contributed by atoms with Crippen LogP contribution < -0.4 is 4.90 Å². The van der Waals surface area contributed by atoms with Crippen molar-refractivity contribution in [3.63, 3.8) is 0 Å². The average Bonchev–Trinajstić information content (AvgIpc) is 2.50. The normalized spacial score (nSPS) is 16.3. The highest BCUT2D eigenvalue weighted by atomic mass is 79.9. The number of aryl methyl sites for hydroxylation is 1. The molecular formula is C9H8BrN3O2. The summed E-state index contributed by atoms with van der Waals surface area (Å²) in [4.78, 5) is 31.9. The summed E-state index contributed by atoms with van der Waals surface area (Å²) in [7, 11) is 0. The highest BCUT2D eigenvalue weighted by Crippen LogP contribution is 2.19. The Hall–Kier alpha value is -1.30. The maximum atomic E-state index is 11.4. The van der Waals surface area contributed by atoms with Crippen molar-refractivity contribution in [3.8, 4) is 0 Å². The summed E-state index contributed by atoms with van der Waals surface area (Å²) in [5, 5.41) is 0. The van der Waals surface area contributed by atoms with E-state index in [4.69, 9.17) is 0 Å². The van der Waals surface area contributed by atoms with E-state index in [-0.39, 0.29) is 24.7 Å². The molecule has 1 saturated heterocycles. The van der Waals surface area contributed by atoms with Crippen LogP contribution in [-0.4, -0.2) is 28.2 Å². The van der Waals surface area contributed by atoms with Gasteiger partial charge in [0.25, 0.3) is 0 Å². The standard InChI is InChI=1S/C9H8BrN3O2/c1-5-7(10)3-11-9(12-5)13-4-6(14)2-8(13)15/h3H,2,4H2,1H3. The fourth-order valence-electron chi connectivity index (χ4n) is 1.34. The molecular weight excluding hydrogens is 262 g/mol. The van der Waals surface area contributed by atoms with Crippen molar-refractivity contribution in [1.82, 2.24) is 9.97 Å². The SMILES string of the molecule is Cc1nc(N2CC(=O)CC2=O)ncc1Br. The van der Waals surface area contributed by atoms with E-state index in [2.05, 4.69) is 25.9 Å². The van der Waals surface area contributed by atoms with Crippen molar-refractivity contribution in [3.05, 3.63) is 16.4 Å². The lowest BCUT2D eigenvalue weighted by atomic mass is 10.3. The Balaban J connectivity index is 2.34. The molecule has 1 aromatic heterocycles. The van der Waals surface area contributed by atoms with Crippen molar-refractivity contribution in [2.45, 2.75) is 13.3 Å². The average molecular weight is 270 g/mol. The molecule has 0 bridgehead atoms. The summed E-state index contributed by atoms with van der Waals surface area (Å²) in [5.74, 6) is -0.0301. The summed E-state index contributed by atoms with van der Waals surface area (Å²) in [6.45, 7) is 1.89. The minimum absolute atomic E-state index is 0.0432. The Morgan fingerprint density at radius 2 is 2.20 bits per heavy atom. The molecule has 0 N–H and O–H groups in total. The van der Waals surface area contributed by atoms with Gasteiger partial charge >= 0.3 is 0 Å². The minimum atomic E-state index is -0.235. The first-order chi connectivity index (χ1) is 7.08. The van der Waals surface area contributed by atoms with Crippen LogP contribution in [0.3, 0.4) is 0 Å². The van der Waals surface area contributed by atoms with E-state index >= 15 is 0 Å². The number of ketones is 1. The number of aromatic nitrogens is 2. The molecule has 0 saturated carbocycles. The fraction of sp³-hybridized carbons (Fsp3) is 0.333. The summed E-state index contributed by atoms with van der Waals surface area (Å²) in [6, 6.07) is 0. The van der Waals surface area contributed by atoms with Gasteiger partial charge in [-0.25, -0.2) is 9.97 Å². The zero-order valence-corrected chi connectivity index (χ0v) is 9.61. The van der Waals surface area contributed by atoms with Gasteiger partial charge in [0.1, 0.15) is 0 Å². The van der Waals surface area contributed by atoms with E-state index < -0.39 is 0 Å². The lowest BCUT2D eigenvalue weighted by molar-refractivity contribution is -0.121. The first-order valence-corrected chi connectivity index (χ1v) is 5.18. The number of Topliss-reactive ketones (excluding diaryl/α,β-unsaturated/α-hetero) is 1. The number of nitrogens with zero attached hydrogens (tertiary/aromatic N) is 3. The molecule has 1 amide bonds. The summed E-state index contributed by atoms with van der Waals surface area (Å²) >= 11 is 3.27. The first kappa shape index (κ1) is 10.2. The molecule has 5 nitrogen and oxygen atoms in total. The predicted octanol–water partition coefficient (Wildman–Crippen LogP) is 0.853. The minimum Gasteiger partial charge on any atom is -0.297 e. The van der Waals surface area contributed by atoms with Crippen LogP contribution in [0.15, 0.2) is 10.7 Å². The number of amides is 1. The fourth-order valence-corrected chi connectivity index (χ4v) is 1.53. The van der Waals surface area contributed by atoms with E-state index in [9.17, 15) is 9.59 Å². The molecule has 0 atom stereocenters. The Kier molecular flexibility index (Phi) is 2.52. The summed E-state index contributed by atoms with van der Waals surface area (Å²) < 4.78 is 0.782. The van der Waals surface area contributed by atoms with Crippen molar-refractivity contribution in [2.75, 3.05) is 11.4 Å². The van der Waals surface area contributed by atoms with Crippen LogP contribution in [0, 0.1) is 6.92 Å². The zero-order valence-electron chi connectivity index (χ0n) is 8.03. The smallest absolute Gasteiger partial charge is 0.237 e. The maximum Gasteiger partial charge on any atom is 0.237 e. The van der Waals surface area contributed by atoms with Crippen LogP contribution in [0.25, 0.3) is 0 Å². The maximum absolute atomic E-state index is 11.4. The second-order valence-corrected chi connectivity index (χ2v) is 4.15. The van der Waals surface area contributed by atoms with E-state index in [1.807, 2.05) is 0 Å². The van der Waals surface area contributed by atoms with Gasteiger partial charge in [-0.15, -0.1) is 0 Å². The Morgan fingerprint density at radius 1 is 1.47 bits per heavy atom. The molecule has 0 aliphatic carbocycles. The highest BCUT2D eigenvalue weighted by molar-refractivity contribution is 9.10. The molecule has 0 radical (unpaired) electrons.